The summed E-state index contributed by atoms with van der Waals surface area (Å²) in [7, 11) is 2.13. The van der Waals surface area contributed by atoms with Gasteiger partial charge < -0.3 is 10.5 Å². The van der Waals surface area contributed by atoms with E-state index in [0.29, 0.717) is 19.2 Å². The third-order valence-corrected chi connectivity index (χ3v) is 3.16. The van der Waals surface area contributed by atoms with E-state index >= 15 is 0 Å². The quantitative estimate of drug-likeness (QED) is 0.679. The topological polar surface area (TPSA) is 38.5 Å². The molecule has 0 aromatic heterocycles. The second-order valence-corrected chi connectivity index (χ2v) is 4.21. The third-order valence-electron chi connectivity index (χ3n) is 3.16. The van der Waals surface area contributed by atoms with E-state index in [1.165, 1.54) is 0 Å². The number of nitrogens with two attached hydrogens (primary N) is 1. The van der Waals surface area contributed by atoms with Crippen LogP contribution in [0.4, 0.5) is 0 Å². The summed E-state index contributed by atoms with van der Waals surface area (Å²) in [5.41, 5.74) is 5.78. The van der Waals surface area contributed by atoms with Crippen LogP contribution in [0.3, 0.4) is 0 Å². The number of likely N-dealkylation sites (N-methyl/N-ethyl adjacent to an activating group) is 1. The lowest BCUT2D eigenvalue weighted by Crippen LogP contribution is -2.56. The highest BCUT2D eigenvalue weighted by Gasteiger charge is 2.30. The normalized spacial score (nSPS) is 18.2. The van der Waals surface area contributed by atoms with Gasteiger partial charge in [0, 0.05) is 19.2 Å². The Morgan fingerprint density at radius 1 is 1.43 bits per heavy atom. The molecule has 0 aromatic carbocycles. The van der Waals surface area contributed by atoms with Gasteiger partial charge in [-0.2, -0.15) is 0 Å². The van der Waals surface area contributed by atoms with Gasteiger partial charge in [-0.1, -0.05) is 6.92 Å². The maximum atomic E-state index is 5.82. The summed E-state index contributed by atoms with van der Waals surface area (Å²) in [5, 5.41) is 0. The van der Waals surface area contributed by atoms with Crippen molar-refractivity contribution >= 4 is 0 Å². The first kappa shape index (κ1) is 13.9. The van der Waals surface area contributed by atoms with Crippen molar-refractivity contribution < 1.29 is 4.74 Å². The molecule has 0 saturated heterocycles. The van der Waals surface area contributed by atoms with Crippen LogP contribution >= 0.6 is 0 Å². The van der Waals surface area contributed by atoms with E-state index in [0.717, 1.165) is 13.0 Å². The van der Waals surface area contributed by atoms with Crippen molar-refractivity contribution in [1.82, 2.24) is 4.90 Å². The van der Waals surface area contributed by atoms with Gasteiger partial charge in [0.1, 0.15) is 0 Å². The molecule has 0 aliphatic heterocycles. The van der Waals surface area contributed by atoms with Gasteiger partial charge in [0.2, 0.25) is 0 Å². The predicted octanol–water partition coefficient (Wildman–Crippen LogP) is 1.47. The molecular formula is C11H26N2O. The first-order chi connectivity index (χ1) is 6.51. The molecule has 0 rings (SSSR count). The van der Waals surface area contributed by atoms with Gasteiger partial charge >= 0.3 is 0 Å². The van der Waals surface area contributed by atoms with Crippen molar-refractivity contribution in [1.29, 1.82) is 0 Å². The number of nitrogens with zero attached hydrogens (tertiary/aromatic N) is 1. The first-order valence-electron chi connectivity index (χ1n) is 5.52. The standard InChI is InChI=1S/C11H26N2O/c1-6-10(3)13(5)11(4,8-12)9-14-7-2/h10H,6-9,12H2,1-5H3. The highest BCUT2D eigenvalue weighted by atomic mass is 16.5. The lowest BCUT2D eigenvalue weighted by Gasteiger charge is -2.41. The average Bonchev–Trinajstić information content (AvgIpc) is 2.23. The summed E-state index contributed by atoms with van der Waals surface area (Å²) < 4.78 is 5.48. The molecule has 2 atom stereocenters. The molecule has 0 bridgehead atoms. The van der Waals surface area contributed by atoms with Crippen molar-refractivity contribution in [2.45, 2.75) is 45.7 Å². The largest absolute Gasteiger partial charge is 0.380 e. The minimum atomic E-state index is -0.0363. The van der Waals surface area contributed by atoms with Crippen LogP contribution in [0.1, 0.15) is 34.1 Å². The molecule has 3 nitrogen and oxygen atoms in total. The van der Waals surface area contributed by atoms with Crippen LogP contribution in [-0.2, 0) is 4.74 Å². The van der Waals surface area contributed by atoms with Crippen molar-refractivity contribution in [2.24, 2.45) is 5.73 Å². The Kier molecular flexibility index (Phi) is 6.33. The van der Waals surface area contributed by atoms with Crippen LogP contribution in [0, 0.1) is 0 Å². The molecule has 2 N–H and O–H groups in total. The molecule has 0 aliphatic carbocycles. The minimum absolute atomic E-state index is 0.0363. The van der Waals surface area contributed by atoms with Crippen molar-refractivity contribution in [2.75, 3.05) is 26.8 Å². The van der Waals surface area contributed by atoms with Crippen molar-refractivity contribution in [3.8, 4) is 0 Å². The summed E-state index contributed by atoms with van der Waals surface area (Å²) >= 11 is 0. The second-order valence-electron chi connectivity index (χ2n) is 4.21. The molecule has 86 valence electrons. The van der Waals surface area contributed by atoms with Crippen LogP contribution in [0.25, 0.3) is 0 Å². The summed E-state index contributed by atoms with van der Waals surface area (Å²) in [6, 6.07) is 0.545. The van der Waals surface area contributed by atoms with E-state index in [9.17, 15) is 0 Å². The molecule has 0 amide bonds. The predicted molar refractivity (Wildman–Crippen MR) is 61.5 cm³/mol. The van der Waals surface area contributed by atoms with Gasteiger partial charge in [-0.15, -0.1) is 0 Å². The molecule has 0 heterocycles. The van der Waals surface area contributed by atoms with E-state index in [1.54, 1.807) is 0 Å². The molecule has 0 aliphatic rings. The molecular weight excluding hydrogens is 176 g/mol. The monoisotopic (exact) mass is 202 g/mol. The summed E-state index contributed by atoms with van der Waals surface area (Å²) in [6.07, 6.45) is 1.14. The van der Waals surface area contributed by atoms with Crippen molar-refractivity contribution in [3.63, 3.8) is 0 Å². The van der Waals surface area contributed by atoms with E-state index in [2.05, 4.69) is 32.7 Å². The summed E-state index contributed by atoms with van der Waals surface area (Å²) in [4.78, 5) is 2.32. The van der Waals surface area contributed by atoms with Crippen LogP contribution in [0.5, 0.6) is 0 Å². The SMILES string of the molecule is CCOCC(C)(CN)N(C)C(C)CC. The fourth-order valence-corrected chi connectivity index (χ4v) is 1.43. The molecule has 0 spiro atoms. The smallest absolute Gasteiger partial charge is 0.0659 e. The Hall–Kier alpha value is -0.120. The van der Waals surface area contributed by atoms with Gasteiger partial charge in [-0.25, -0.2) is 0 Å². The number of rotatable bonds is 7. The molecule has 14 heavy (non-hydrogen) atoms. The first-order valence-corrected chi connectivity index (χ1v) is 5.52. The molecule has 2 unspecified atom stereocenters. The highest BCUT2D eigenvalue weighted by Crippen LogP contribution is 2.17. The maximum absolute atomic E-state index is 5.82. The molecule has 0 aromatic rings. The Balaban J connectivity index is 4.33. The molecule has 0 saturated carbocycles. The average molecular weight is 202 g/mol. The van der Waals surface area contributed by atoms with Crippen molar-refractivity contribution in [3.05, 3.63) is 0 Å². The fraction of sp³-hybridized carbons (Fsp3) is 1.00. The van der Waals surface area contributed by atoms with Gasteiger partial charge in [-0.3, -0.25) is 4.90 Å². The lowest BCUT2D eigenvalue weighted by molar-refractivity contribution is 0.00528. The number of hydrogen-bond donors (Lipinski definition) is 1. The molecule has 3 heteroatoms. The second kappa shape index (κ2) is 6.38. The number of hydrogen-bond acceptors (Lipinski definition) is 3. The minimum Gasteiger partial charge on any atom is -0.380 e. The molecule has 0 fully saturated rings. The zero-order valence-electron chi connectivity index (χ0n) is 10.3. The van der Waals surface area contributed by atoms with Gasteiger partial charge in [0.25, 0.3) is 0 Å². The Bertz CT molecular complexity index is 152. The van der Waals surface area contributed by atoms with E-state index in [4.69, 9.17) is 10.5 Å². The van der Waals surface area contributed by atoms with Gasteiger partial charge in [0.15, 0.2) is 0 Å². The van der Waals surface area contributed by atoms with E-state index in [1.807, 2.05) is 6.92 Å². The fourth-order valence-electron chi connectivity index (χ4n) is 1.43. The third kappa shape index (κ3) is 3.56. The Morgan fingerprint density at radius 3 is 2.36 bits per heavy atom. The number of ether oxygens (including phenoxy) is 1. The van der Waals surface area contributed by atoms with Crippen LogP contribution in [-0.4, -0.2) is 43.3 Å². The van der Waals surface area contributed by atoms with Crippen LogP contribution in [0.2, 0.25) is 0 Å². The highest BCUT2D eigenvalue weighted by molar-refractivity contribution is 4.87. The Morgan fingerprint density at radius 2 is 2.00 bits per heavy atom. The van der Waals surface area contributed by atoms with E-state index in [-0.39, 0.29) is 5.54 Å². The van der Waals surface area contributed by atoms with E-state index < -0.39 is 0 Å². The molecule has 0 radical (unpaired) electrons. The zero-order chi connectivity index (χ0) is 11.2. The maximum Gasteiger partial charge on any atom is 0.0659 e. The summed E-state index contributed by atoms with van der Waals surface area (Å²) in [5.74, 6) is 0. The lowest BCUT2D eigenvalue weighted by atomic mass is 9.99. The van der Waals surface area contributed by atoms with Crippen LogP contribution in [0.15, 0.2) is 0 Å². The Labute approximate surface area is 88.6 Å². The van der Waals surface area contributed by atoms with Gasteiger partial charge in [-0.05, 0) is 34.2 Å². The van der Waals surface area contributed by atoms with Crippen LogP contribution < -0.4 is 5.73 Å². The summed E-state index contributed by atoms with van der Waals surface area (Å²) in [6.45, 7) is 10.7. The zero-order valence-corrected chi connectivity index (χ0v) is 10.3. The van der Waals surface area contributed by atoms with Gasteiger partial charge in [0.05, 0.1) is 12.1 Å².